The Labute approximate surface area is 177 Å². The number of halogens is 1. The fraction of sp³-hybridized carbons (Fsp3) is 0.316. The molecule has 1 aromatic heterocycles. The van der Waals surface area contributed by atoms with Gasteiger partial charge in [0.15, 0.2) is 0 Å². The topological polar surface area (TPSA) is 110 Å². The first kappa shape index (κ1) is 21.5. The second-order valence-electron chi connectivity index (χ2n) is 6.48. The minimum Gasteiger partial charge on any atom is -0.474 e. The summed E-state index contributed by atoms with van der Waals surface area (Å²) in [5, 5.41) is 19.9. The zero-order chi connectivity index (χ0) is 21.7. The van der Waals surface area contributed by atoms with Crippen molar-refractivity contribution in [2.45, 2.75) is 13.0 Å². The number of aromatic nitrogens is 3. The van der Waals surface area contributed by atoms with E-state index in [1.807, 2.05) is 0 Å². The number of rotatable bonds is 6. The van der Waals surface area contributed by atoms with Crippen molar-refractivity contribution in [3.63, 3.8) is 0 Å². The van der Waals surface area contributed by atoms with Gasteiger partial charge in [0.1, 0.15) is 18.1 Å². The number of carbonyl (C=O) groups is 2. The van der Waals surface area contributed by atoms with Crippen LogP contribution in [0.2, 0.25) is 0 Å². The largest absolute Gasteiger partial charge is 0.474 e. The fourth-order valence-electron chi connectivity index (χ4n) is 2.99. The average molecular weight is 433 g/mol. The maximum atomic E-state index is 14.7. The van der Waals surface area contributed by atoms with E-state index in [4.69, 9.17) is 22.1 Å². The number of ketones is 1. The van der Waals surface area contributed by atoms with Gasteiger partial charge in [-0.1, -0.05) is 11.3 Å². The minimum absolute atomic E-state index is 0.184. The van der Waals surface area contributed by atoms with E-state index in [0.29, 0.717) is 29.9 Å². The van der Waals surface area contributed by atoms with Gasteiger partial charge in [-0.15, -0.1) is 5.10 Å². The molecule has 3 rings (SSSR count). The van der Waals surface area contributed by atoms with Gasteiger partial charge < -0.3 is 20.1 Å². The summed E-state index contributed by atoms with van der Waals surface area (Å²) < 4.78 is 21.1. The summed E-state index contributed by atoms with van der Waals surface area (Å²) >= 11 is 4.90. The van der Waals surface area contributed by atoms with E-state index in [2.05, 4.69) is 15.6 Å². The van der Waals surface area contributed by atoms with Crippen molar-refractivity contribution < 1.29 is 23.8 Å². The van der Waals surface area contributed by atoms with Crippen molar-refractivity contribution in [1.82, 2.24) is 25.2 Å². The Morgan fingerprint density at radius 1 is 1.40 bits per heavy atom. The van der Waals surface area contributed by atoms with Gasteiger partial charge in [0.05, 0.1) is 25.5 Å². The Kier molecular flexibility index (Phi) is 6.85. The van der Waals surface area contributed by atoms with Crippen LogP contribution in [0.25, 0.3) is 11.3 Å². The molecule has 0 saturated heterocycles. The fourth-order valence-corrected chi connectivity index (χ4v) is 3.06. The first-order chi connectivity index (χ1) is 14.4. The molecule has 30 heavy (non-hydrogen) atoms. The highest BCUT2D eigenvalue weighted by atomic mass is 32.1. The van der Waals surface area contributed by atoms with Crippen molar-refractivity contribution in [3.05, 3.63) is 47.5 Å². The maximum absolute atomic E-state index is 14.7. The Balaban J connectivity index is 1.70. The van der Waals surface area contributed by atoms with Gasteiger partial charge in [0, 0.05) is 24.7 Å². The Bertz CT molecular complexity index is 1010. The second-order valence-corrected chi connectivity index (χ2v) is 6.85. The molecule has 0 atom stereocenters. The van der Waals surface area contributed by atoms with Gasteiger partial charge in [-0.2, -0.15) is 0 Å². The van der Waals surface area contributed by atoms with Gasteiger partial charge in [0.2, 0.25) is 5.78 Å². The Morgan fingerprint density at radius 2 is 2.20 bits per heavy atom. The normalized spacial score (nSPS) is 13.6. The Hall–Kier alpha value is -3.18. The lowest BCUT2D eigenvalue weighted by Crippen LogP contribution is -2.40. The highest BCUT2D eigenvalue weighted by Gasteiger charge is 2.24. The molecule has 1 aromatic carbocycles. The maximum Gasteiger partial charge on any atom is 0.292 e. The van der Waals surface area contributed by atoms with Crippen LogP contribution < -0.4 is 5.32 Å². The summed E-state index contributed by atoms with van der Waals surface area (Å²) in [4.78, 5) is 24.5. The molecule has 0 bridgehead atoms. The molecule has 2 N–H and O–H groups in total. The third kappa shape index (κ3) is 4.86. The van der Waals surface area contributed by atoms with E-state index >= 15 is 0 Å². The molecular weight excluding hydrogens is 413 g/mol. The molecule has 0 fully saturated rings. The zero-order valence-electron chi connectivity index (χ0n) is 16.2. The molecule has 1 aliphatic rings. The van der Waals surface area contributed by atoms with Gasteiger partial charge >= 0.3 is 0 Å². The number of nitrogens with one attached hydrogen (secondary N) is 1. The van der Waals surface area contributed by atoms with Crippen LogP contribution >= 0.6 is 12.2 Å². The van der Waals surface area contributed by atoms with E-state index in [9.17, 15) is 14.0 Å². The number of hydrogen-bond acceptors (Lipinski definition) is 7. The van der Waals surface area contributed by atoms with Crippen molar-refractivity contribution in [2.75, 3.05) is 26.8 Å². The van der Waals surface area contributed by atoms with E-state index < -0.39 is 24.1 Å². The smallest absolute Gasteiger partial charge is 0.292 e. The molecular formula is C19H20FN5O4S. The van der Waals surface area contributed by atoms with Crippen LogP contribution in [0, 0.1) is 5.82 Å². The van der Waals surface area contributed by atoms with Crippen LogP contribution in [-0.4, -0.2) is 68.7 Å². The molecule has 1 amide bonds. The lowest BCUT2D eigenvalue weighted by atomic mass is 9.98. The molecule has 0 radical (unpaired) electrons. The molecule has 2 aromatic rings. The number of aliphatic hydroxyl groups excluding tert-OH is 1. The lowest BCUT2D eigenvalue weighted by Gasteiger charge is -2.26. The number of thiocarbonyl (C=S) groups is 1. The molecule has 0 aliphatic carbocycles. The Morgan fingerprint density at radius 3 is 2.83 bits per heavy atom. The summed E-state index contributed by atoms with van der Waals surface area (Å²) in [5.41, 5.74) is 2.28. The number of ether oxygens (including phenoxy) is 1. The number of Topliss-reactive ketones (excluding diaryl/α,β-unsaturated/α-hetero) is 1. The molecule has 2 heterocycles. The number of benzene rings is 1. The van der Waals surface area contributed by atoms with E-state index in [1.54, 1.807) is 24.4 Å². The quantitative estimate of drug-likeness (QED) is 0.504. The van der Waals surface area contributed by atoms with E-state index in [1.165, 1.54) is 22.8 Å². The predicted octanol–water partition coefficient (Wildman–Crippen LogP) is 0.604. The van der Waals surface area contributed by atoms with Gasteiger partial charge in [-0.05, 0) is 36.3 Å². The molecule has 1 aliphatic heterocycles. The van der Waals surface area contributed by atoms with Gasteiger partial charge in [0.25, 0.3) is 11.1 Å². The monoisotopic (exact) mass is 433 g/mol. The zero-order valence-corrected chi connectivity index (χ0v) is 17.0. The van der Waals surface area contributed by atoms with Crippen molar-refractivity contribution >= 4 is 34.7 Å². The molecule has 0 saturated carbocycles. The molecule has 11 heteroatoms. The highest BCUT2D eigenvalue weighted by molar-refractivity contribution is 7.80. The first-order valence-electron chi connectivity index (χ1n) is 9.08. The third-order valence-corrected chi connectivity index (χ3v) is 4.89. The van der Waals surface area contributed by atoms with Crippen LogP contribution in [0.5, 0.6) is 0 Å². The van der Waals surface area contributed by atoms with Crippen molar-refractivity contribution in [2.24, 2.45) is 0 Å². The van der Waals surface area contributed by atoms with Crippen LogP contribution in [0.4, 0.5) is 4.39 Å². The van der Waals surface area contributed by atoms with Crippen molar-refractivity contribution in [1.29, 1.82) is 0 Å². The van der Waals surface area contributed by atoms with Crippen LogP contribution in [0.1, 0.15) is 17.7 Å². The summed E-state index contributed by atoms with van der Waals surface area (Å²) in [7, 11) is 1.46. The summed E-state index contributed by atoms with van der Waals surface area (Å²) in [6.45, 7) is -0.0283. The summed E-state index contributed by atoms with van der Waals surface area (Å²) in [6, 6.07) is 4.72. The van der Waals surface area contributed by atoms with E-state index in [0.717, 1.165) is 5.57 Å². The predicted molar refractivity (Wildman–Crippen MR) is 109 cm³/mol. The van der Waals surface area contributed by atoms with Crippen LogP contribution in [0.15, 0.2) is 30.5 Å². The highest BCUT2D eigenvalue weighted by Crippen LogP contribution is 2.26. The second kappa shape index (κ2) is 9.55. The summed E-state index contributed by atoms with van der Waals surface area (Å²) in [5.74, 6) is -2.01. The average Bonchev–Trinajstić information content (AvgIpc) is 3.25. The number of carbonyl (C=O) groups excluding carboxylic acids is 2. The third-order valence-electron chi connectivity index (χ3n) is 4.58. The molecule has 158 valence electrons. The van der Waals surface area contributed by atoms with Crippen molar-refractivity contribution in [3.8, 4) is 5.69 Å². The molecule has 0 spiro atoms. The lowest BCUT2D eigenvalue weighted by molar-refractivity contribution is -0.145. The molecule has 9 nitrogen and oxygen atoms in total. The number of amides is 1. The number of methoxy groups -OCH3 is 1. The van der Waals surface area contributed by atoms with E-state index in [-0.39, 0.29) is 18.3 Å². The number of nitrogens with zero attached hydrogens (tertiary/aromatic N) is 4. The van der Waals surface area contributed by atoms with Crippen LogP contribution in [-0.2, 0) is 20.9 Å². The molecule has 0 unspecified atom stereocenters. The standard InChI is InChI=1S/C19H20FN5O4S/c1-29-19(30)21-9-13-10-25(23-22-13)14-2-3-15(16(20)8-14)12-4-6-24(7-5-12)18(28)17(27)11-26/h2-4,8,10,26H,5-7,9,11H2,1H3,(H,21,30). The van der Waals surface area contributed by atoms with Gasteiger partial charge in [-0.25, -0.2) is 9.07 Å². The number of hydrogen-bond donors (Lipinski definition) is 2. The minimum atomic E-state index is -0.853. The summed E-state index contributed by atoms with van der Waals surface area (Å²) in [6.07, 6.45) is 3.77. The first-order valence-corrected chi connectivity index (χ1v) is 9.49. The SMILES string of the molecule is COC(=S)NCc1cn(-c2ccc(C3=CCN(C(=O)C(=O)CO)CC3)c(F)c2)nn1. The van der Waals surface area contributed by atoms with Gasteiger partial charge in [-0.3, -0.25) is 9.59 Å². The number of aliphatic hydroxyl groups is 1. The van der Waals surface area contributed by atoms with Crippen LogP contribution in [0.3, 0.4) is 0 Å².